The summed E-state index contributed by atoms with van der Waals surface area (Å²) in [7, 11) is 3.16. The Morgan fingerprint density at radius 1 is 1.09 bits per heavy atom. The van der Waals surface area contributed by atoms with Gasteiger partial charge in [0.25, 0.3) is 11.5 Å². The lowest BCUT2D eigenvalue weighted by atomic mass is 10.1. The van der Waals surface area contributed by atoms with Gasteiger partial charge in [0.2, 0.25) is 5.91 Å². The maximum absolute atomic E-state index is 13.5. The summed E-state index contributed by atoms with van der Waals surface area (Å²) in [4.78, 5) is 59.9. The lowest BCUT2D eigenvalue weighted by Crippen LogP contribution is -2.54. The zero-order valence-electron chi connectivity index (χ0n) is 19.1. The van der Waals surface area contributed by atoms with E-state index in [0.29, 0.717) is 24.5 Å². The van der Waals surface area contributed by atoms with Gasteiger partial charge in [-0.3, -0.25) is 19.0 Å². The van der Waals surface area contributed by atoms with Crippen molar-refractivity contribution in [3.8, 4) is 5.75 Å². The summed E-state index contributed by atoms with van der Waals surface area (Å²) in [5.41, 5.74) is -0.233. The number of aromatic nitrogens is 4. The number of ether oxygens (including phenoxy) is 1. The largest absolute Gasteiger partial charge is 0.476 e. The van der Waals surface area contributed by atoms with Gasteiger partial charge >= 0.3 is 5.69 Å². The molecule has 1 fully saturated rings. The van der Waals surface area contributed by atoms with Crippen LogP contribution in [0.25, 0.3) is 11.2 Å². The summed E-state index contributed by atoms with van der Waals surface area (Å²) in [6.45, 7) is 0.884. The number of amides is 2. The summed E-state index contributed by atoms with van der Waals surface area (Å²) in [6.07, 6.45) is 3.58. The van der Waals surface area contributed by atoms with Gasteiger partial charge in [0.05, 0.1) is 18.6 Å². The van der Waals surface area contributed by atoms with Crippen LogP contribution < -0.4 is 20.9 Å². The molecule has 1 aromatic carbocycles. The van der Waals surface area contributed by atoms with Gasteiger partial charge in [0.1, 0.15) is 12.3 Å². The average molecular weight is 466 g/mol. The smallest absolute Gasteiger partial charge is 0.332 e. The van der Waals surface area contributed by atoms with Crippen molar-refractivity contribution in [1.82, 2.24) is 23.6 Å². The molecule has 2 aliphatic heterocycles. The average Bonchev–Trinajstić information content (AvgIpc) is 3.26. The number of benzene rings is 1. The third kappa shape index (κ3) is 3.57. The first kappa shape index (κ1) is 21.9. The van der Waals surface area contributed by atoms with Gasteiger partial charge in [-0.15, -0.1) is 0 Å². The number of aryl methyl sites for hydroxylation is 2. The molecule has 0 saturated carbocycles. The lowest BCUT2D eigenvalue weighted by molar-refractivity contribution is -0.139. The molecule has 34 heavy (non-hydrogen) atoms. The number of imidazole rings is 1. The highest BCUT2D eigenvalue weighted by atomic mass is 16.5. The van der Waals surface area contributed by atoms with Crippen LogP contribution >= 0.6 is 0 Å². The molecule has 5 rings (SSSR count). The van der Waals surface area contributed by atoms with Crippen molar-refractivity contribution in [2.45, 2.75) is 31.9 Å². The van der Waals surface area contributed by atoms with Crippen LogP contribution in [0.15, 0.2) is 40.2 Å². The van der Waals surface area contributed by atoms with Gasteiger partial charge in [-0.2, -0.15) is 0 Å². The van der Waals surface area contributed by atoms with E-state index in [0.717, 1.165) is 23.8 Å². The molecule has 11 nitrogen and oxygen atoms in total. The number of anilines is 1. The van der Waals surface area contributed by atoms with Crippen LogP contribution in [0.3, 0.4) is 0 Å². The molecule has 0 N–H and O–H groups in total. The number of carbonyl (C=O) groups is 2. The van der Waals surface area contributed by atoms with Gasteiger partial charge in [0, 0.05) is 27.2 Å². The van der Waals surface area contributed by atoms with E-state index in [9.17, 15) is 19.2 Å². The Morgan fingerprint density at radius 3 is 2.59 bits per heavy atom. The van der Waals surface area contributed by atoms with Crippen LogP contribution in [-0.2, 0) is 30.2 Å². The maximum atomic E-state index is 13.5. The summed E-state index contributed by atoms with van der Waals surface area (Å²) in [5, 5.41) is 0. The van der Waals surface area contributed by atoms with Crippen LogP contribution in [0.1, 0.15) is 19.3 Å². The molecular weight excluding hydrogens is 440 g/mol. The number of hydrogen-bond donors (Lipinski definition) is 0. The van der Waals surface area contributed by atoms with Crippen molar-refractivity contribution in [1.29, 1.82) is 0 Å². The Kier molecular flexibility index (Phi) is 5.46. The summed E-state index contributed by atoms with van der Waals surface area (Å²) < 4.78 is 9.66. The minimum atomic E-state index is -0.851. The normalized spacial score (nSPS) is 18.0. The molecule has 0 unspecified atom stereocenters. The van der Waals surface area contributed by atoms with E-state index < -0.39 is 29.8 Å². The SMILES string of the molecule is Cn1cnc2c1c(=O)n(CC(=O)N1C[C@@H](C(=O)N3CCCCC3)Oc3ccccc31)c(=O)n2C. The minimum Gasteiger partial charge on any atom is -0.476 e. The van der Waals surface area contributed by atoms with Gasteiger partial charge in [-0.1, -0.05) is 12.1 Å². The molecular formula is C23H26N6O5. The van der Waals surface area contributed by atoms with E-state index in [1.54, 1.807) is 36.2 Å². The molecule has 0 aliphatic carbocycles. The van der Waals surface area contributed by atoms with Gasteiger partial charge < -0.3 is 19.1 Å². The van der Waals surface area contributed by atoms with Crippen LogP contribution in [0.5, 0.6) is 5.75 Å². The molecule has 0 bridgehead atoms. The topological polar surface area (TPSA) is 112 Å². The second kappa shape index (κ2) is 8.47. The number of nitrogens with zero attached hydrogens (tertiary/aromatic N) is 6. The number of rotatable bonds is 3. The quantitative estimate of drug-likeness (QED) is 0.547. The Hall–Kier alpha value is -3.89. The standard InChI is InChI=1S/C23H26N6O5/c1-25-14-24-20-19(25)22(32)29(23(33)26(20)2)13-18(30)28-12-17(21(31)27-10-6-3-7-11-27)34-16-9-5-4-8-15(16)28/h4-5,8-9,14,17H,3,6-7,10-13H2,1-2H3/t17-/m0/s1. The molecule has 2 amide bonds. The highest BCUT2D eigenvalue weighted by Crippen LogP contribution is 2.34. The van der Waals surface area contributed by atoms with Crippen LogP contribution in [0.2, 0.25) is 0 Å². The first-order valence-electron chi connectivity index (χ1n) is 11.3. The van der Waals surface area contributed by atoms with Crippen molar-refractivity contribution in [2.24, 2.45) is 14.1 Å². The second-order valence-electron chi connectivity index (χ2n) is 8.73. The molecule has 1 saturated heterocycles. The Labute approximate surface area is 194 Å². The highest BCUT2D eigenvalue weighted by Gasteiger charge is 2.36. The fourth-order valence-electron chi connectivity index (χ4n) is 4.67. The Bertz CT molecular complexity index is 1400. The maximum Gasteiger partial charge on any atom is 0.332 e. The van der Waals surface area contributed by atoms with Crippen molar-refractivity contribution >= 4 is 28.7 Å². The monoisotopic (exact) mass is 466 g/mol. The molecule has 2 aromatic heterocycles. The van der Waals surface area contributed by atoms with Crippen molar-refractivity contribution in [3.05, 3.63) is 51.4 Å². The van der Waals surface area contributed by atoms with Gasteiger partial charge in [-0.05, 0) is 31.4 Å². The fourth-order valence-corrected chi connectivity index (χ4v) is 4.67. The van der Waals surface area contributed by atoms with Crippen molar-refractivity contribution in [2.75, 3.05) is 24.5 Å². The molecule has 11 heteroatoms. The van der Waals surface area contributed by atoms with Gasteiger partial charge in [0.15, 0.2) is 17.3 Å². The van der Waals surface area contributed by atoms with E-state index in [-0.39, 0.29) is 23.6 Å². The van der Waals surface area contributed by atoms with Crippen LogP contribution in [0, 0.1) is 0 Å². The Morgan fingerprint density at radius 2 is 1.82 bits per heavy atom. The number of para-hydroxylation sites is 2. The van der Waals surface area contributed by atoms with Crippen LogP contribution in [0.4, 0.5) is 5.69 Å². The first-order valence-corrected chi connectivity index (χ1v) is 11.3. The second-order valence-corrected chi connectivity index (χ2v) is 8.73. The summed E-state index contributed by atoms with van der Waals surface area (Å²) in [6, 6.07) is 6.96. The van der Waals surface area contributed by atoms with E-state index in [4.69, 9.17) is 4.74 Å². The number of piperidine rings is 1. The van der Waals surface area contributed by atoms with Crippen LogP contribution in [-0.4, -0.2) is 61.1 Å². The lowest BCUT2D eigenvalue weighted by Gasteiger charge is -2.37. The zero-order valence-corrected chi connectivity index (χ0v) is 19.1. The van der Waals surface area contributed by atoms with Crippen molar-refractivity contribution in [3.63, 3.8) is 0 Å². The van der Waals surface area contributed by atoms with E-state index in [2.05, 4.69) is 4.98 Å². The predicted molar refractivity (Wildman–Crippen MR) is 124 cm³/mol. The fraction of sp³-hybridized carbons (Fsp3) is 0.435. The van der Waals surface area contributed by atoms with E-state index in [1.165, 1.54) is 27.4 Å². The molecule has 4 heterocycles. The number of likely N-dealkylation sites (tertiary alicyclic amines) is 1. The Balaban J connectivity index is 1.48. The molecule has 1 atom stereocenters. The molecule has 178 valence electrons. The zero-order chi connectivity index (χ0) is 24.0. The highest BCUT2D eigenvalue weighted by molar-refractivity contribution is 5.97. The van der Waals surface area contributed by atoms with Crippen molar-refractivity contribution < 1.29 is 14.3 Å². The number of fused-ring (bicyclic) bond motifs is 2. The molecule has 2 aliphatic rings. The molecule has 0 radical (unpaired) electrons. The van der Waals surface area contributed by atoms with E-state index >= 15 is 0 Å². The minimum absolute atomic E-state index is 0.00814. The predicted octanol–water partition coefficient (Wildman–Crippen LogP) is 0.240. The number of hydrogen-bond acceptors (Lipinski definition) is 6. The third-order valence-electron chi connectivity index (χ3n) is 6.51. The first-order chi connectivity index (χ1) is 16.4. The van der Waals surface area contributed by atoms with Gasteiger partial charge in [-0.25, -0.2) is 14.3 Å². The summed E-state index contributed by atoms with van der Waals surface area (Å²) in [5.74, 6) is -0.218. The number of carbonyl (C=O) groups excluding carboxylic acids is 2. The molecule has 3 aromatic rings. The third-order valence-corrected chi connectivity index (χ3v) is 6.51. The summed E-state index contributed by atoms with van der Waals surface area (Å²) >= 11 is 0. The van der Waals surface area contributed by atoms with E-state index in [1.807, 2.05) is 0 Å². The molecule has 0 spiro atoms.